The summed E-state index contributed by atoms with van der Waals surface area (Å²) >= 11 is 8.52. The number of nitrogens with one attached hydrogen (secondary N) is 1. The second kappa shape index (κ2) is 6.81. The lowest BCUT2D eigenvalue weighted by Gasteiger charge is -2.10. The second-order valence-corrected chi connectivity index (χ2v) is 5.74. The minimum absolute atomic E-state index is 0.789. The van der Waals surface area contributed by atoms with Crippen LogP contribution in [0.1, 0.15) is 24.0 Å². The Labute approximate surface area is 121 Å². The van der Waals surface area contributed by atoms with Crippen LogP contribution in [0.15, 0.2) is 12.1 Å². The van der Waals surface area contributed by atoms with Crippen LogP contribution >= 0.6 is 34.2 Å². The minimum atomic E-state index is 0.789. The van der Waals surface area contributed by atoms with Crippen LogP contribution in [0, 0.1) is 0 Å². The van der Waals surface area contributed by atoms with Crippen molar-refractivity contribution in [1.82, 2.24) is 5.32 Å². The Morgan fingerprint density at radius 3 is 3.06 bits per heavy atom. The van der Waals surface area contributed by atoms with Crippen molar-refractivity contribution in [2.75, 3.05) is 17.6 Å². The molecule has 0 atom stereocenters. The number of rotatable bonds is 6. The molecular formula is C13H17ClINO. The van der Waals surface area contributed by atoms with Crippen LogP contribution in [0.5, 0.6) is 5.75 Å². The molecule has 1 aromatic rings. The third-order valence-electron chi connectivity index (χ3n) is 2.88. The molecule has 94 valence electrons. The first-order chi connectivity index (χ1) is 8.31. The first-order valence-corrected chi connectivity index (χ1v) is 7.92. The molecule has 2 nitrogen and oxygen atoms in total. The highest BCUT2D eigenvalue weighted by Crippen LogP contribution is 2.32. The average Bonchev–Trinajstić information content (AvgIpc) is 2.76. The van der Waals surface area contributed by atoms with E-state index in [1.165, 1.54) is 28.4 Å². The molecule has 0 saturated carbocycles. The topological polar surface area (TPSA) is 21.3 Å². The van der Waals surface area contributed by atoms with E-state index < -0.39 is 0 Å². The van der Waals surface area contributed by atoms with Crippen molar-refractivity contribution in [2.24, 2.45) is 0 Å². The van der Waals surface area contributed by atoms with E-state index in [-0.39, 0.29) is 0 Å². The number of alkyl halides is 1. The molecule has 17 heavy (non-hydrogen) atoms. The lowest BCUT2D eigenvalue weighted by molar-refractivity contribution is 0.352. The van der Waals surface area contributed by atoms with Crippen molar-refractivity contribution in [3.63, 3.8) is 0 Å². The molecule has 1 aliphatic heterocycles. The molecular weight excluding hydrogens is 349 g/mol. The van der Waals surface area contributed by atoms with Crippen LogP contribution in [0.2, 0.25) is 5.02 Å². The number of hydrogen-bond acceptors (Lipinski definition) is 2. The van der Waals surface area contributed by atoms with Gasteiger partial charge in [0.1, 0.15) is 5.75 Å². The van der Waals surface area contributed by atoms with E-state index in [2.05, 4.69) is 27.9 Å². The fourth-order valence-electron chi connectivity index (χ4n) is 2.04. The van der Waals surface area contributed by atoms with Gasteiger partial charge in [-0.25, -0.2) is 0 Å². The maximum atomic E-state index is 6.11. The van der Waals surface area contributed by atoms with Crippen molar-refractivity contribution in [2.45, 2.75) is 25.8 Å². The molecule has 1 aromatic carbocycles. The fourth-order valence-corrected chi connectivity index (χ4v) is 2.85. The van der Waals surface area contributed by atoms with Crippen LogP contribution in [-0.4, -0.2) is 17.6 Å². The van der Waals surface area contributed by atoms with Gasteiger partial charge in [0.2, 0.25) is 0 Å². The summed E-state index contributed by atoms with van der Waals surface area (Å²) in [5.74, 6) is 1.05. The van der Waals surface area contributed by atoms with Crippen LogP contribution in [-0.2, 0) is 13.0 Å². The number of fused-ring (bicyclic) bond motifs is 1. The predicted octanol–water partition coefficient (Wildman–Crippen LogP) is 3.58. The van der Waals surface area contributed by atoms with Crippen molar-refractivity contribution >= 4 is 34.2 Å². The van der Waals surface area contributed by atoms with Gasteiger partial charge < -0.3 is 10.1 Å². The second-order valence-electron chi connectivity index (χ2n) is 4.22. The predicted molar refractivity (Wildman–Crippen MR) is 80.5 cm³/mol. The molecule has 1 N–H and O–H groups in total. The van der Waals surface area contributed by atoms with E-state index in [0.717, 1.165) is 36.9 Å². The standard InChI is InChI=1S/C13H17ClINO/c14-12-7-10-3-6-17-13(10)11(8-12)9-16-5-2-1-4-15/h7-8,16H,1-6,9H2. The Kier molecular flexibility index (Phi) is 5.38. The minimum Gasteiger partial charge on any atom is -0.493 e. The molecule has 0 bridgehead atoms. The molecule has 1 heterocycles. The number of ether oxygens (including phenoxy) is 1. The number of unbranched alkanes of at least 4 members (excludes halogenated alkanes) is 1. The van der Waals surface area contributed by atoms with Crippen LogP contribution in [0.4, 0.5) is 0 Å². The SMILES string of the molecule is Clc1cc2c(c(CNCCCCI)c1)OCC2. The van der Waals surface area contributed by atoms with E-state index in [9.17, 15) is 0 Å². The Bertz CT molecular complexity index is 384. The lowest BCUT2D eigenvalue weighted by Crippen LogP contribution is -2.15. The summed E-state index contributed by atoms with van der Waals surface area (Å²) in [4.78, 5) is 0. The zero-order valence-corrected chi connectivity index (χ0v) is 12.7. The van der Waals surface area contributed by atoms with Gasteiger partial charge >= 0.3 is 0 Å². The molecule has 0 aliphatic carbocycles. The quantitative estimate of drug-likeness (QED) is 0.473. The molecule has 2 rings (SSSR count). The highest BCUT2D eigenvalue weighted by molar-refractivity contribution is 14.1. The van der Waals surface area contributed by atoms with Crippen LogP contribution in [0.25, 0.3) is 0 Å². The normalized spacial score (nSPS) is 13.5. The fraction of sp³-hybridized carbons (Fsp3) is 0.538. The molecule has 0 fully saturated rings. The van der Waals surface area contributed by atoms with Gasteiger partial charge in [0.05, 0.1) is 6.61 Å². The summed E-state index contributed by atoms with van der Waals surface area (Å²) in [5.41, 5.74) is 2.45. The van der Waals surface area contributed by atoms with Crippen molar-refractivity contribution in [3.8, 4) is 5.75 Å². The summed E-state index contributed by atoms with van der Waals surface area (Å²) in [6.07, 6.45) is 3.49. The summed E-state index contributed by atoms with van der Waals surface area (Å²) in [5, 5.41) is 4.27. The number of hydrogen-bond donors (Lipinski definition) is 1. The molecule has 0 unspecified atom stereocenters. The van der Waals surface area contributed by atoms with Gasteiger partial charge in [-0.2, -0.15) is 0 Å². The van der Waals surface area contributed by atoms with Crippen molar-refractivity contribution in [3.05, 3.63) is 28.3 Å². The molecule has 1 aliphatic rings. The van der Waals surface area contributed by atoms with Gasteiger partial charge in [-0.3, -0.25) is 0 Å². The van der Waals surface area contributed by atoms with Gasteiger partial charge in [-0.15, -0.1) is 0 Å². The Morgan fingerprint density at radius 2 is 2.24 bits per heavy atom. The van der Waals surface area contributed by atoms with Crippen LogP contribution < -0.4 is 10.1 Å². The monoisotopic (exact) mass is 365 g/mol. The summed E-state index contributed by atoms with van der Waals surface area (Å²) in [7, 11) is 0. The van der Waals surface area contributed by atoms with Crippen molar-refractivity contribution in [1.29, 1.82) is 0 Å². The number of benzene rings is 1. The van der Waals surface area contributed by atoms with E-state index in [1.807, 2.05) is 12.1 Å². The first-order valence-electron chi connectivity index (χ1n) is 6.02. The molecule has 0 spiro atoms. The smallest absolute Gasteiger partial charge is 0.127 e. The zero-order chi connectivity index (χ0) is 12.1. The van der Waals surface area contributed by atoms with E-state index >= 15 is 0 Å². The molecule has 0 aromatic heterocycles. The maximum absolute atomic E-state index is 6.11. The maximum Gasteiger partial charge on any atom is 0.127 e. The summed E-state index contributed by atoms with van der Waals surface area (Å²) in [6.45, 7) is 2.70. The Morgan fingerprint density at radius 1 is 1.35 bits per heavy atom. The third-order valence-corrected chi connectivity index (χ3v) is 3.86. The molecule has 0 amide bonds. The van der Waals surface area contributed by atoms with Gasteiger partial charge in [0, 0.05) is 23.6 Å². The third kappa shape index (κ3) is 3.73. The van der Waals surface area contributed by atoms with Gasteiger partial charge in [-0.05, 0) is 41.5 Å². The van der Waals surface area contributed by atoms with Crippen LogP contribution in [0.3, 0.4) is 0 Å². The highest BCUT2D eigenvalue weighted by atomic mass is 127. The lowest BCUT2D eigenvalue weighted by atomic mass is 10.1. The average molecular weight is 366 g/mol. The summed E-state index contributed by atoms with van der Waals surface area (Å²) in [6, 6.07) is 4.03. The van der Waals surface area contributed by atoms with Gasteiger partial charge in [0.15, 0.2) is 0 Å². The van der Waals surface area contributed by atoms with E-state index in [1.54, 1.807) is 0 Å². The van der Waals surface area contributed by atoms with Gasteiger partial charge in [-0.1, -0.05) is 34.2 Å². The Hall–Kier alpha value is -0.0000000000000000555. The Balaban J connectivity index is 1.92. The summed E-state index contributed by atoms with van der Waals surface area (Å²) < 4.78 is 6.89. The first kappa shape index (κ1) is 13.4. The highest BCUT2D eigenvalue weighted by Gasteiger charge is 2.16. The largest absolute Gasteiger partial charge is 0.493 e. The molecule has 0 saturated heterocycles. The van der Waals surface area contributed by atoms with E-state index in [4.69, 9.17) is 16.3 Å². The van der Waals surface area contributed by atoms with Gasteiger partial charge in [0.25, 0.3) is 0 Å². The zero-order valence-electron chi connectivity index (χ0n) is 9.77. The number of halogens is 2. The van der Waals surface area contributed by atoms with E-state index in [0.29, 0.717) is 0 Å². The van der Waals surface area contributed by atoms with Crippen molar-refractivity contribution < 1.29 is 4.74 Å². The molecule has 4 heteroatoms. The molecule has 0 radical (unpaired) electrons.